The van der Waals surface area contributed by atoms with Crippen molar-refractivity contribution in [2.45, 2.75) is 12.7 Å². The summed E-state index contributed by atoms with van der Waals surface area (Å²) < 4.78 is 8.43. The van der Waals surface area contributed by atoms with Gasteiger partial charge in [-0.25, -0.2) is 4.98 Å². The fraction of sp³-hybridized carbons (Fsp3) is 0.0968. The summed E-state index contributed by atoms with van der Waals surface area (Å²) in [6.07, 6.45) is 3.29. The van der Waals surface area contributed by atoms with Gasteiger partial charge in [0.15, 0.2) is 0 Å². The van der Waals surface area contributed by atoms with Crippen molar-refractivity contribution in [2.24, 2.45) is 7.05 Å². The molecule has 170 valence electrons. The molecule has 35 heavy (non-hydrogen) atoms. The largest absolute Gasteiger partial charge is 0.363 e. The maximum absolute atomic E-state index is 9.88. The Morgan fingerprint density at radius 3 is 2.26 bits per heavy atom. The summed E-state index contributed by atoms with van der Waals surface area (Å²) in [6, 6.07) is 37.0. The van der Waals surface area contributed by atoms with Crippen LogP contribution in [0.1, 0.15) is 28.5 Å². The quantitative estimate of drug-likeness (QED) is 0.267. The van der Waals surface area contributed by atoms with Gasteiger partial charge in [0.05, 0.1) is 36.5 Å². The zero-order valence-corrected chi connectivity index (χ0v) is 19.5. The highest BCUT2D eigenvalue weighted by atomic mass is 16.5. The van der Waals surface area contributed by atoms with Crippen molar-refractivity contribution >= 4 is 0 Å². The van der Waals surface area contributed by atoms with Crippen molar-refractivity contribution < 1.29 is 4.74 Å². The molecule has 0 saturated carbocycles. The monoisotopic (exact) mass is 455 g/mol. The SMILES string of the molecule is Cn1cncc1[C@H](OCc1ccccc1)c1ccc(C#N)c(-c2cccc(-c3ccccc3)c2)c1. The molecule has 0 radical (unpaired) electrons. The number of ether oxygens (including phenoxy) is 1. The smallest absolute Gasteiger partial charge is 0.124 e. The maximum atomic E-state index is 9.88. The fourth-order valence-electron chi connectivity index (χ4n) is 4.28. The molecule has 0 aliphatic rings. The van der Waals surface area contributed by atoms with Crippen molar-refractivity contribution in [1.82, 2.24) is 9.55 Å². The summed E-state index contributed by atoms with van der Waals surface area (Å²) in [4.78, 5) is 4.31. The average molecular weight is 456 g/mol. The summed E-state index contributed by atoms with van der Waals surface area (Å²) in [6.45, 7) is 0.468. The number of imidazole rings is 1. The van der Waals surface area contributed by atoms with Gasteiger partial charge >= 0.3 is 0 Å². The van der Waals surface area contributed by atoms with Gasteiger partial charge < -0.3 is 9.30 Å². The Balaban J connectivity index is 1.56. The molecule has 0 aliphatic heterocycles. The van der Waals surface area contributed by atoms with Gasteiger partial charge in [0.25, 0.3) is 0 Å². The molecule has 5 rings (SSSR count). The molecule has 0 fully saturated rings. The van der Waals surface area contributed by atoms with Gasteiger partial charge in [0, 0.05) is 7.05 Å². The van der Waals surface area contributed by atoms with Gasteiger partial charge in [-0.2, -0.15) is 5.26 Å². The molecule has 0 bridgehead atoms. The first-order valence-electron chi connectivity index (χ1n) is 11.5. The Hall–Kier alpha value is -4.46. The van der Waals surface area contributed by atoms with Crippen LogP contribution >= 0.6 is 0 Å². The first-order chi connectivity index (χ1) is 17.2. The normalized spacial score (nSPS) is 11.7. The van der Waals surface area contributed by atoms with Gasteiger partial charge in [-0.15, -0.1) is 0 Å². The summed E-state index contributed by atoms with van der Waals surface area (Å²) in [5.74, 6) is 0. The molecular weight excluding hydrogens is 430 g/mol. The van der Waals surface area contributed by atoms with Gasteiger partial charge in [-0.3, -0.25) is 0 Å². The van der Waals surface area contributed by atoms with E-state index in [-0.39, 0.29) is 6.10 Å². The molecule has 0 N–H and O–H groups in total. The summed E-state index contributed by atoms with van der Waals surface area (Å²) in [5, 5.41) is 9.88. The molecule has 0 amide bonds. The number of aromatic nitrogens is 2. The van der Waals surface area contributed by atoms with Crippen LogP contribution in [0.3, 0.4) is 0 Å². The average Bonchev–Trinajstić information content (AvgIpc) is 3.35. The third-order valence-corrected chi connectivity index (χ3v) is 6.13. The van der Waals surface area contributed by atoms with Crippen LogP contribution in [-0.2, 0) is 18.4 Å². The molecule has 4 nitrogen and oxygen atoms in total. The van der Waals surface area contributed by atoms with Crippen LogP contribution in [0.4, 0.5) is 0 Å². The van der Waals surface area contributed by atoms with Crippen LogP contribution in [0.5, 0.6) is 0 Å². The Morgan fingerprint density at radius 2 is 1.54 bits per heavy atom. The van der Waals surface area contributed by atoms with E-state index in [9.17, 15) is 5.26 Å². The van der Waals surface area contributed by atoms with E-state index < -0.39 is 0 Å². The van der Waals surface area contributed by atoms with Gasteiger partial charge in [0.2, 0.25) is 0 Å². The highest BCUT2D eigenvalue weighted by Gasteiger charge is 2.20. The lowest BCUT2D eigenvalue weighted by molar-refractivity contribution is 0.0622. The number of hydrogen-bond acceptors (Lipinski definition) is 3. The zero-order valence-electron chi connectivity index (χ0n) is 19.5. The van der Waals surface area contributed by atoms with E-state index in [0.29, 0.717) is 12.2 Å². The lowest BCUT2D eigenvalue weighted by Gasteiger charge is -2.20. The molecule has 5 aromatic rings. The number of hydrogen-bond donors (Lipinski definition) is 0. The standard InChI is InChI=1S/C31H25N3O/c1-34-22-33-20-30(34)31(35-21-23-9-4-2-5-10-23)27-15-16-28(19-32)29(18-27)26-14-8-13-25(17-26)24-11-6-3-7-12-24/h2-18,20,22,31H,21H2,1H3/t31-/m1/s1. The van der Waals surface area contributed by atoms with Crippen molar-refractivity contribution in [3.63, 3.8) is 0 Å². The minimum absolute atomic E-state index is 0.327. The molecule has 1 atom stereocenters. The van der Waals surface area contributed by atoms with Crippen LogP contribution in [0.2, 0.25) is 0 Å². The predicted molar refractivity (Wildman–Crippen MR) is 138 cm³/mol. The van der Waals surface area contributed by atoms with Crippen LogP contribution in [0, 0.1) is 11.3 Å². The predicted octanol–water partition coefficient (Wildman–Crippen LogP) is 6.93. The van der Waals surface area contributed by atoms with Crippen molar-refractivity contribution in [1.29, 1.82) is 5.26 Å². The molecule has 0 saturated heterocycles. The molecule has 0 spiro atoms. The highest BCUT2D eigenvalue weighted by Crippen LogP contribution is 2.34. The summed E-state index contributed by atoms with van der Waals surface area (Å²) in [7, 11) is 1.97. The van der Waals surface area contributed by atoms with Gasteiger partial charge in [0.1, 0.15) is 6.10 Å². The first kappa shape index (κ1) is 22.3. The first-order valence-corrected chi connectivity index (χ1v) is 11.5. The number of nitrogens with zero attached hydrogens (tertiary/aromatic N) is 3. The minimum atomic E-state index is -0.327. The van der Waals surface area contributed by atoms with E-state index >= 15 is 0 Å². The Labute approximate surface area is 205 Å². The molecule has 1 aromatic heterocycles. The van der Waals surface area contributed by atoms with Crippen molar-refractivity contribution in [3.05, 3.63) is 138 Å². The zero-order chi connectivity index (χ0) is 24.0. The second-order valence-electron chi connectivity index (χ2n) is 8.47. The van der Waals surface area contributed by atoms with Gasteiger partial charge in [-0.1, -0.05) is 84.9 Å². The second kappa shape index (κ2) is 10.2. The number of aryl methyl sites for hydroxylation is 1. The lowest BCUT2D eigenvalue weighted by Crippen LogP contribution is -2.11. The molecule has 0 aliphatic carbocycles. The van der Waals surface area contributed by atoms with E-state index in [2.05, 4.69) is 59.6 Å². The Morgan fingerprint density at radius 1 is 0.829 bits per heavy atom. The van der Waals surface area contributed by atoms with E-state index in [1.165, 1.54) is 0 Å². The fourth-order valence-corrected chi connectivity index (χ4v) is 4.28. The van der Waals surface area contributed by atoms with Crippen LogP contribution in [0.25, 0.3) is 22.3 Å². The third-order valence-electron chi connectivity index (χ3n) is 6.13. The Bertz CT molecular complexity index is 1470. The van der Waals surface area contributed by atoms with E-state index in [1.807, 2.05) is 72.4 Å². The van der Waals surface area contributed by atoms with Crippen LogP contribution < -0.4 is 0 Å². The minimum Gasteiger partial charge on any atom is -0.363 e. The van der Waals surface area contributed by atoms with Crippen LogP contribution in [0.15, 0.2) is 116 Å². The van der Waals surface area contributed by atoms with Gasteiger partial charge in [-0.05, 0) is 51.6 Å². The van der Waals surface area contributed by atoms with E-state index in [4.69, 9.17) is 4.74 Å². The molecule has 4 aromatic carbocycles. The summed E-state index contributed by atoms with van der Waals surface area (Å²) >= 11 is 0. The number of rotatable bonds is 7. The topological polar surface area (TPSA) is 50.8 Å². The molecule has 0 unspecified atom stereocenters. The number of benzene rings is 4. The van der Waals surface area contributed by atoms with Crippen LogP contribution in [-0.4, -0.2) is 9.55 Å². The van der Waals surface area contributed by atoms with Crippen molar-refractivity contribution in [2.75, 3.05) is 0 Å². The molecule has 1 heterocycles. The lowest BCUT2D eigenvalue weighted by atomic mass is 9.93. The van der Waals surface area contributed by atoms with Crippen molar-refractivity contribution in [3.8, 4) is 28.3 Å². The second-order valence-corrected chi connectivity index (χ2v) is 8.47. The summed E-state index contributed by atoms with van der Waals surface area (Å²) in [5.41, 5.74) is 7.80. The third kappa shape index (κ3) is 4.91. The Kier molecular flexibility index (Phi) is 6.52. The molecular formula is C31H25N3O. The van der Waals surface area contributed by atoms with E-state index in [0.717, 1.165) is 39.1 Å². The maximum Gasteiger partial charge on any atom is 0.124 e. The van der Waals surface area contributed by atoms with E-state index in [1.54, 1.807) is 6.33 Å². The molecule has 4 heteroatoms. The number of nitriles is 1. The highest BCUT2D eigenvalue weighted by molar-refractivity contribution is 5.77.